The molecule has 1 aromatic heterocycles. The second-order valence-electron chi connectivity index (χ2n) is 10.4. The Morgan fingerprint density at radius 1 is 1.10 bits per heavy atom. The number of nitrogens with one attached hydrogen (secondary N) is 1. The van der Waals surface area contributed by atoms with Crippen molar-refractivity contribution in [1.29, 1.82) is 0 Å². The summed E-state index contributed by atoms with van der Waals surface area (Å²) >= 11 is 0. The molecule has 30 heavy (non-hydrogen) atoms. The normalized spacial score (nSPS) is 33.7. The minimum absolute atomic E-state index is 0.174. The third-order valence-electron chi connectivity index (χ3n) is 8.00. The zero-order chi connectivity index (χ0) is 20.6. The summed E-state index contributed by atoms with van der Waals surface area (Å²) in [5, 5.41) is 8.15. The van der Waals surface area contributed by atoms with E-state index in [1.54, 1.807) is 0 Å². The molecule has 2 aromatic rings. The van der Waals surface area contributed by atoms with Crippen molar-refractivity contribution < 1.29 is 9.00 Å². The molecule has 1 amide bonds. The summed E-state index contributed by atoms with van der Waals surface area (Å²) in [5.41, 5.74) is 4.94. The van der Waals surface area contributed by atoms with Crippen LogP contribution in [-0.2, 0) is 27.1 Å². The molecule has 6 heteroatoms. The number of carbonyl (C=O) groups excluding carboxylic acids is 1. The van der Waals surface area contributed by atoms with Crippen LogP contribution in [0, 0.1) is 37.0 Å². The Morgan fingerprint density at radius 2 is 1.77 bits per heavy atom. The number of benzene rings is 1. The summed E-state index contributed by atoms with van der Waals surface area (Å²) in [6.45, 7) is 4.16. The van der Waals surface area contributed by atoms with E-state index < -0.39 is 10.8 Å². The molecule has 1 aliphatic heterocycles. The third-order valence-corrected chi connectivity index (χ3v) is 9.21. The van der Waals surface area contributed by atoms with Gasteiger partial charge in [0.15, 0.2) is 0 Å². The van der Waals surface area contributed by atoms with Gasteiger partial charge < -0.3 is 5.32 Å². The molecule has 0 radical (unpaired) electrons. The van der Waals surface area contributed by atoms with Gasteiger partial charge >= 0.3 is 0 Å². The van der Waals surface area contributed by atoms with Gasteiger partial charge in [-0.25, -0.2) is 4.68 Å². The van der Waals surface area contributed by atoms with Crippen LogP contribution in [0.5, 0.6) is 0 Å². The van der Waals surface area contributed by atoms with Gasteiger partial charge in [-0.05, 0) is 81.8 Å². The summed E-state index contributed by atoms with van der Waals surface area (Å²) in [4.78, 5) is 13.7. The molecule has 5 aliphatic rings. The molecule has 4 saturated carbocycles. The number of anilines is 1. The maximum absolute atomic E-state index is 13.7. The van der Waals surface area contributed by atoms with Crippen molar-refractivity contribution >= 4 is 22.5 Å². The molecule has 4 bridgehead atoms. The van der Waals surface area contributed by atoms with Gasteiger partial charge in [-0.15, -0.1) is 0 Å². The van der Waals surface area contributed by atoms with Crippen molar-refractivity contribution in [3.8, 4) is 5.69 Å². The van der Waals surface area contributed by atoms with Gasteiger partial charge in [-0.1, -0.05) is 17.7 Å². The maximum Gasteiger partial charge on any atom is 0.231 e. The van der Waals surface area contributed by atoms with Crippen molar-refractivity contribution in [2.24, 2.45) is 23.2 Å². The smallest absolute Gasteiger partial charge is 0.231 e. The Labute approximate surface area is 180 Å². The lowest BCUT2D eigenvalue weighted by Crippen LogP contribution is -2.52. The van der Waals surface area contributed by atoms with Crippen LogP contribution in [0.1, 0.15) is 60.9 Å². The van der Waals surface area contributed by atoms with E-state index in [2.05, 4.69) is 37.4 Å². The average Bonchev–Trinajstić information content (AvgIpc) is 3.17. The van der Waals surface area contributed by atoms with E-state index >= 15 is 0 Å². The summed E-state index contributed by atoms with van der Waals surface area (Å²) in [7, 11) is -0.924. The second kappa shape index (κ2) is 6.52. The van der Waals surface area contributed by atoms with Crippen LogP contribution in [0.2, 0.25) is 0 Å². The van der Waals surface area contributed by atoms with Crippen LogP contribution in [0.4, 0.5) is 5.82 Å². The minimum Gasteiger partial charge on any atom is -0.310 e. The summed E-state index contributed by atoms with van der Waals surface area (Å²) < 4.78 is 14.1. The molecular formula is C24H29N3O2S. The number of amides is 1. The first-order valence-corrected chi connectivity index (χ1v) is 12.7. The summed E-state index contributed by atoms with van der Waals surface area (Å²) in [6, 6.07) is 6.30. The number of aromatic nitrogens is 2. The largest absolute Gasteiger partial charge is 0.310 e. The van der Waals surface area contributed by atoms with E-state index in [1.807, 2.05) is 4.68 Å². The highest BCUT2D eigenvalue weighted by Gasteiger charge is 2.54. The van der Waals surface area contributed by atoms with Crippen molar-refractivity contribution in [3.05, 3.63) is 40.6 Å². The highest BCUT2D eigenvalue weighted by Crippen LogP contribution is 2.60. The minimum atomic E-state index is -0.924. The fraction of sp³-hybridized carbons (Fsp3) is 0.583. The zero-order valence-electron chi connectivity index (χ0n) is 17.7. The Hall–Kier alpha value is -1.95. The Bertz CT molecular complexity index is 1050. The lowest BCUT2D eigenvalue weighted by Gasteiger charge is -2.55. The van der Waals surface area contributed by atoms with Crippen LogP contribution in [-0.4, -0.2) is 19.9 Å². The molecular weight excluding hydrogens is 394 g/mol. The van der Waals surface area contributed by atoms with Crippen LogP contribution < -0.4 is 5.32 Å². The maximum atomic E-state index is 13.7. The number of fused-ring (bicyclic) bond motifs is 1. The van der Waals surface area contributed by atoms with Gasteiger partial charge in [0.1, 0.15) is 5.82 Å². The lowest BCUT2D eigenvalue weighted by atomic mass is 9.49. The van der Waals surface area contributed by atoms with Gasteiger partial charge in [0.05, 0.1) is 28.3 Å². The SMILES string of the molecule is Cc1ccc(-n2nc3c(c2NC(=O)C24CC5CC(CC(C5)C2)C4)CS(=O)C3)c(C)c1. The number of rotatable bonds is 3. The first kappa shape index (κ1) is 18.8. The van der Waals surface area contributed by atoms with Gasteiger partial charge in [-0.3, -0.25) is 9.00 Å². The predicted molar refractivity (Wildman–Crippen MR) is 118 cm³/mol. The van der Waals surface area contributed by atoms with Gasteiger partial charge in [-0.2, -0.15) is 5.10 Å². The molecule has 2 heterocycles. The Balaban J connectivity index is 1.39. The van der Waals surface area contributed by atoms with E-state index in [0.717, 1.165) is 65.3 Å². The number of nitrogens with zero attached hydrogens (tertiary/aromatic N) is 2. The van der Waals surface area contributed by atoms with E-state index in [-0.39, 0.29) is 11.3 Å². The molecule has 1 aromatic carbocycles. The number of hydrogen-bond donors (Lipinski definition) is 1. The van der Waals surface area contributed by atoms with Crippen molar-refractivity contribution in [3.63, 3.8) is 0 Å². The Morgan fingerprint density at radius 3 is 2.40 bits per heavy atom. The lowest BCUT2D eigenvalue weighted by molar-refractivity contribution is -0.140. The van der Waals surface area contributed by atoms with Crippen LogP contribution in [0.15, 0.2) is 18.2 Å². The highest BCUT2D eigenvalue weighted by molar-refractivity contribution is 7.83. The number of carbonyl (C=O) groups is 1. The van der Waals surface area contributed by atoms with Gasteiger partial charge in [0, 0.05) is 16.4 Å². The summed E-state index contributed by atoms with van der Waals surface area (Å²) in [5.74, 6) is 4.07. The van der Waals surface area contributed by atoms with Gasteiger partial charge in [0.2, 0.25) is 5.91 Å². The topological polar surface area (TPSA) is 64.0 Å². The highest BCUT2D eigenvalue weighted by atomic mass is 32.2. The van der Waals surface area contributed by atoms with Crippen molar-refractivity contribution in [2.45, 2.75) is 63.9 Å². The Kier molecular flexibility index (Phi) is 4.09. The van der Waals surface area contributed by atoms with E-state index in [0.29, 0.717) is 11.5 Å². The summed E-state index contributed by atoms with van der Waals surface area (Å²) in [6.07, 6.45) is 7.08. The number of hydrogen-bond acceptors (Lipinski definition) is 3. The monoisotopic (exact) mass is 423 g/mol. The molecule has 158 valence electrons. The van der Waals surface area contributed by atoms with E-state index in [9.17, 15) is 9.00 Å². The quantitative estimate of drug-likeness (QED) is 0.795. The molecule has 4 aliphatic carbocycles. The molecule has 7 rings (SSSR count). The molecule has 0 spiro atoms. The van der Waals surface area contributed by atoms with E-state index in [4.69, 9.17) is 5.10 Å². The molecule has 4 fully saturated rings. The standard InChI is InChI=1S/C24H29N3O2S/c1-14-3-4-21(15(2)5-14)27-22(19-12-30(29)13-20(19)26-27)25-23(28)24-9-16-6-17(10-24)8-18(7-16)11-24/h3-5,16-18H,6-13H2,1-2H3,(H,25,28). The van der Waals surface area contributed by atoms with Crippen molar-refractivity contribution in [1.82, 2.24) is 9.78 Å². The first-order valence-electron chi connectivity index (χ1n) is 11.2. The molecule has 5 nitrogen and oxygen atoms in total. The zero-order valence-corrected chi connectivity index (χ0v) is 18.6. The van der Waals surface area contributed by atoms with Crippen LogP contribution >= 0.6 is 0 Å². The molecule has 1 unspecified atom stereocenters. The number of aryl methyl sites for hydroxylation is 2. The van der Waals surface area contributed by atoms with Crippen LogP contribution in [0.25, 0.3) is 5.69 Å². The fourth-order valence-electron chi connectivity index (χ4n) is 7.10. The molecule has 1 atom stereocenters. The first-order chi connectivity index (χ1) is 14.4. The van der Waals surface area contributed by atoms with Gasteiger partial charge in [0.25, 0.3) is 0 Å². The average molecular weight is 424 g/mol. The molecule has 1 N–H and O–H groups in total. The third kappa shape index (κ3) is 2.83. The van der Waals surface area contributed by atoms with Crippen LogP contribution in [0.3, 0.4) is 0 Å². The predicted octanol–water partition coefficient (Wildman–Crippen LogP) is 4.41. The molecule has 0 saturated heterocycles. The van der Waals surface area contributed by atoms with E-state index in [1.165, 1.54) is 24.8 Å². The second-order valence-corrected chi connectivity index (χ2v) is 11.8. The fourth-order valence-corrected chi connectivity index (χ4v) is 8.37. The van der Waals surface area contributed by atoms with Crippen molar-refractivity contribution in [2.75, 3.05) is 5.32 Å².